The largest absolute Gasteiger partial charge is 0.299 e. The Morgan fingerprint density at radius 3 is 2.88 bits per heavy atom. The predicted molar refractivity (Wildman–Crippen MR) is 65.4 cm³/mol. The molecular weight excluding hydrogens is 214 g/mol. The molecule has 4 nitrogen and oxygen atoms in total. The monoisotopic (exact) mass is 235 g/mol. The van der Waals surface area contributed by atoms with E-state index in [-0.39, 0.29) is 5.92 Å². The first-order valence-electron chi connectivity index (χ1n) is 6.44. The van der Waals surface area contributed by atoms with Crippen LogP contribution < -0.4 is 0 Å². The maximum absolute atomic E-state index is 11.9. The second kappa shape index (κ2) is 4.98. The average molecular weight is 235 g/mol. The van der Waals surface area contributed by atoms with Crippen LogP contribution in [0.25, 0.3) is 0 Å². The Kier molecular flexibility index (Phi) is 3.60. The second-order valence-corrected chi connectivity index (χ2v) is 5.53. The second-order valence-electron chi connectivity index (χ2n) is 5.53. The molecule has 1 saturated carbocycles. The number of carbonyl (C=O) groups excluding carboxylic acids is 1. The summed E-state index contributed by atoms with van der Waals surface area (Å²) in [6.45, 7) is 4.50. The summed E-state index contributed by atoms with van der Waals surface area (Å²) in [5.74, 6) is 1.93. The average Bonchev–Trinajstić information content (AvgIpc) is 2.67. The van der Waals surface area contributed by atoms with Crippen LogP contribution in [0.15, 0.2) is 6.20 Å². The standard InChI is InChI=1S/C13H21N3O/c1-9(2)10-4-5-13(17)11(6-10)7-12-8-16(3)15-14-12/h8-11H,4-7H2,1-3H3. The lowest BCUT2D eigenvalue weighted by molar-refractivity contribution is -0.125. The van der Waals surface area contributed by atoms with Gasteiger partial charge in [0.05, 0.1) is 5.69 Å². The van der Waals surface area contributed by atoms with E-state index in [9.17, 15) is 4.79 Å². The van der Waals surface area contributed by atoms with E-state index in [1.54, 1.807) is 4.68 Å². The van der Waals surface area contributed by atoms with Gasteiger partial charge in [-0.15, -0.1) is 5.10 Å². The van der Waals surface area contributed by atoms with E-state index in [0.717, 1.165) is 31.4 Å². The number of aromatic nitrogens is 3. The van der Waals surface area contributed by atoms with Crippen LogP contribution in [0.5, 0.6) is 0 Å². The molecule has 0 aromatic carbocycles. The van der Waals surface area contributed by atoms with Crippen molar-refractivity contribution in [2.75, 3.05) is 0 Å². The molecule has 1 aliphatic carbocycles. The summed E-state index contributed by atoms with van der Waals surface area (Å²) >= 11 is 0. The zero-order valence-electron chi connectivity index (χ0n) is 10.9. The maximum Gasteiger partial charge on any atom is 0.136 e. The van der Waals surface area contributed by atoms with Gasteiger partial charge >= 0.3 is 0 Å². The van der Waals surface area contributed by atoms with Gasteiger partial charge in [-0.3, -0.25) is 9.48 Å². The van der Waals surface area contributed by atoms with Gasteiger partial charge in [-0.2, -0.15) is 0 Å². The van der Waals surface area contributed by atoms with E-state index in [4.69, 9.17) is 0 Å². The van der Waals surface area contributed by atoms with E-state index in [1.807, 2.05) is 13.2 Å². The van der Waals surface area contributed by atoms with Gasteiger partial charge in [-0.05, 0) is 24.7 Å². The summed E-state index contributed by atoms with van der Waals surface area (Å²) in [6, 6.07) is 0. The smallest absolute Gasteiger partial charge is 0.136 e. The third-order valence-corrected chi connectivity index (χ3v) is 3.85. The summed E-state index contributed by atoms with van der Waals surface area (Å²) in [5.41, 5.74) is 0.940. The Balaban J connectivity index is 2.00. The Labute approximate surface area is 102 Å². The Hall–Kier alpha value is -1.19. The molecule has 0 amide bonds. The fourth-order valence-corrected chi connectivity index (χ4v) is 2.69. The number of hydrogen-bond donors (Lipinski definition) is 0. The number of Topliss-reactive ketones (excluding diaryl/α,β-unsaturated/α-hetero) is 1. The van der Waals surface area contributed by atoms with Crippen LogP contribution in [-0.4, -0.2) is 20.8 Å². The first-order valence-corrected chi connectivity index (χ1v) is 6.44. The van der Waals surface area contributed by atoms with Crippen LogP contribution in [0.1, 0.15) is 38.8 Å². The summed E-state index contributed by atoms with van der Waals surface area (Å²) in [5, 5.41) is 7.99. The highest BCUT2D eigenvalue weighted by Gasteiger charge is 2.30. The van der Waals surface area contributed by atoms with Crippen molar-refractivity contribution < 1.29 is 4.79 Å². The van der Waals surface area contributed by atoms with Gasteiger partial charge < -0.3 is 0 Å². The molecule has 2 atom stereocenters. The topological polar surface area (TPSA) is 47.8 Å². The van der Waals surface area contributed by atoms with E-state index in [1.165, 1.54) is 0 Å². The molecule has 1 aromatic heterocycles. The van der Waals surface area contributed by atoms with Crippen molar-refractivity contribution in [1.82, 2.24) is 15.0 Å². The molecule has 94 valence electrons. The molecule has 0 bridgehead atoms. The van der Waals surface area contributed by atoms with Crippen molar-refractivity contribution in [1.29, 1.82) is 0 Å². The Morgan fingerprint density at radius 2 is 2.29 bits per heavy atom. The third kappa shape index (κ3) is 2.93. The quantitative estimate of drug-likeness (QED) is 0.805. The number of ketones is 1. The van der Waals surface area contributed by atoms with Crippen molar-refractivity contribution in [2.45, 2.75) is 39.5 Å². The molecular formula is C13H21N3O. The minimum Gasteiger partial charge on any atom is -0.299 e. The van der Waals surface area contributed by atoms with Crippen LogP contribution in [0.2, 0.25) is 0 Å². The Bertz CT molecular complexity index is 397. The maximum atomic E-state index is 11.9. The lowest BCUT2D eigenvalue weighted by Crippen LogP contribution is -2.29. The van der Waals surface area contributed by atoms with E-state index >= 15 is 0 Å². The molecule has 0 aliphatic heterocycles. The van der Waals surface area contributed by atoms with Crippen LogP contribution in [0.3, 0.4) is 0 Å². The normalized spacial score (nSPS) is 25.5. The van der Waals surface area contributed by atoms with Gasteiger partial charge in [0.15, 0.2) is 0 Å². The van der Waals surface area contributed by atoms with E-state index in [0.29, 0.717) is 17.6 Å². The summed E-state index contributed by atoms with van der Waals surface area (Å²) in [7, 11) is 1.86. The molecule has 2 unspecified atom stereocenters. The predicted octanol–water partition coefficient (Wildman–Crippen LogP) is 2.00. The van der Waals surface area contributed by atoms with Crippen molar-refractivity contribution >= 4 is 5.78 Å². The molecule has 0 radical (unpaired) electrons. The first kappa shape index (κ1) is 12.3. The summed E-state index contributed by atoms with van der Waals surface area (Å²) in [4.78, 5) is 11.9. The minimum atomic E-state index is 0.160. The third-order valence-electron chi connectivity index (χ3n) is 3.85. The first-order chi connectivity index (χ1) is 8.06. The number of hydrogen-bond acceptors (Lipinski definition) is 3. The molecule has 4 heteroatoms. The fourth-order valence-electron chi connectivity index (χ4n) is 2.69. The highest BCUT2D eigenvalue weighted by Crippen LogP contribution is 2.33. The highest BCUT2D eigenvalue weighted by molar-refractivity contribution is 5.81. The van der Waals surface area contributed by atoms with E-state index < -0.39 is 0 Å². The van der Waals surface area contributed by atoms with Crippen LogP contribution in [0.4, 0.5) is 0 Å². The van der Waals surface area contributed by atoms with Gasteiger partial charge in [0.2, 0.25) is 0 Å². The number of aryl methyl sites for hydroxylation is 1. The van der Waals surface area contributed by atoms with Crippen LogP contribution in [0, 0.1) is 17.8 Å². The molecule has 0 saturated heterocycles. The van der Waals surface area contributed by atoms with Gasteiger partial charge in [-0.1, -0.05) is 19.1 Å². The van der Waals surface area contributed by atoms with Gasteiger partial charge in [-0.25, -0.2) is 0 Å². The van der Waals surface area contributed by atoms with Crippen molar-refractivity contribution in [3.05, 3.63) is 11.9 Å². The van der Waals surface area contributed by atoms with Gasteiger partial charge in [0, 0.05) is 32.0 Å². The van der Waals surface area contributed by atoms with Crippen LogP contribution >= 0.6 is 0 Å². The zero-order valence-corrected chi connectivity index (χ0v) is 10.9. The molecule has 1 fully saturated rings. The lowest BCUT2D eigenvalue weighted by atomic mass is 9.74. The number of carbonyl (C=O) groups is 1. The van der Waals surface area contributed by atoms with Crippen molar-refractivity contribution in [3.63, 3.8) is 0 Å². The minimum absolute atomic E-state index is 0.160. The summed E-state index contributed by atoms with van der Waals surface area (Å²) in [6.07, 6.45) is 5.50. The Morgan fingerprint density at radius 1 is 1.53 bits per heavy atom. The van der Waals surface area contributed by atoms with Gasteiger partial charge in [0.1, 0.15) is 5.78 Å². The van der Waals surface area contributed by atoms with Crippen LogP contribution in [-0.2, 0) is 18.3 Å². The zero-order chi connectivity index (χ0) is 12.4. The SMILES string of the molecule is CC(C)C1CCC(=O)C(Cc2cn(C)nn2)C1. The number of nitrogens with zero attached hydrogens (tertiary/aromatic N) is 3. The van der Waals surface area contributed by atoms with E-state index in [2.05, 4.69) is 24.2 Å². The fraction of sp³-hybridized carbons (Fsp3) is 0.769. The molecule has 17 heavy (non-hydrogen) atoms. The molecule has 0 N–H and O–H groups in total. The molecule has 1 aromatic rings. The highest BCUT2D eigenvalue weighted by atomic mass is 16.1. The molecule has 1 aliphatic rings. The van der Waals surface area contributed by atoms with Crippen molar-refractivity contribution in [3.8, 4) is 0 Å². The molecule has 0 spiro atoms. The van der Waals surface area contributed by atoms with Gasteiger partial charge in [0.25, 0.3) is 0 Å². The van der Waals surface area contributed by atoms with Crippen molar-refractivity contribution in [2.24, 2.45) is 24.8 Å². The number of rotatable bonds is 3. The molecule has 1 heterocycles. The lowest BCUT2D eigenvalue weighted by Gasteiger charge is -2.30. The summed E-state index contributed by atoms with van der Waals surface area (Å²) < 4.78 is 1.70. The molecule has 2 rings (SSSR count).